The maximum absolute atomic E-state index is 12.6. The van der Waals surface area contributed by atoms with E-state index in [2.05, 4.69) is 10.3 Å². The first-order valence-corrected chi connectivity index (χ1v) is 9.28. The molecule has 0 aromatic carbocycles. The second-order valence-electron chi connectivity index (χ2n) is 5.97. The Bertz CT molecular complexity index is 734. The Hall–Kier alpha value is -1.79. The molecule has 0 radical (unpaired) electrons. The van der Waals surface area contributed by atoms with Crippen LogP contribution in [0.2, 0.25) is 4.34 Å². The number of carbonyl (C=O) groups excluding carboxylic acids is 2. The number of nitrogens with one attached hydrogen (secondary N) is 2. The SMILES string of the molecule is C[C@@H](NC(=O)c1c[nH]cc1-c1ccc(Cl)s1)C(=O)N1CCCCC1. The van der Waals surface area contributed by atoms with Gasteiger partial charge in [0.05, 0.1) is 9.90 Å². The van der Waals surface area contributed by atoms with Crippen LogP contribution in [0.5, 0.6) is 0 Å². The number of nitrogens with zero attached hydrogens (tertiary/aromatic N) is 1. The minimum Gasteiger partial charge on any atom is -0.366 e. The Morgan fingerprint density at radius 2 is 2.00 bits per heavy atom. The van der Waals surface area contributed by atoms with Gasteiger partial charge in [0.15, 0.2) is 0 Å². The highest BCUT2D eigenvalue weighted by atomic mass is 35.5. The summed E-state index contributed by atoms with van der Waals surface area (Å²) in [4.78, 5) is 30.7. The van der Waals surface area contributed by atoms with E-state index >= 15 is 0 Å². The predicted molar refractivity (Wildman–Crippen MR) is 96.5 cm³/mol. The third-order valence-corrected chi connectivity index (χ3v) is 5.48. The summed E-state index contributed by atoms with van der Waals surface area (Å²) in [6.07, 6.45) is 6.66. The molecule has 2 aromatic rings. The van der Waals surface area contributed by atoms with Crippen molar-refractivity contribution in [3.05, 3.63) is 34.4 Å². The van der Waals surface area contributed by atoms with Crippen LogP contribution in [-0.2, 0) is 4.79 Å². The summed E-state index contributed by atoms with van der Waals surface area (Å²) in [5.41, 5.74) is 1.31. The highest BCUT2D eigenvalue weighted by molar-refractivity contribution is 7.19. The number of hydrogen-bond acceptors (Lipinski definition) is 3. The Kier molecular flexibility index (Phi) is 5.26. The second kappa shape index (κ2) is 7.40. The molecule has 0 aliphatic carbocycles. The molecule has 1 fully saturated rings. The Labute approximate surface area is 150 Å². The van der Waals surface area contributed by atoms with Crippen LogP contribution in [0.4, 0.5) is 0 Å². The number of H-pyrrole nitrogens is 1. The van der Waals surface area contributed by atoms with Crippen LogP contribution in [0, 0.1) is 0 Å². The molecule has 1 aliphatic rings. The van der Waals surface area contributed by atoms with E-state index in [-0.39, 0.29) is 11.8 Å². The molecule has 3 heterocycles. The number of thiophene rings is 1. The van der Waals surface area contributed by atoms with Gasteiger partial charge in [-0.05, 0) is 38.3 Å². The highest BCUT2D eigenvalue weighted by Crippen LogP contribution is 2.33. The smallest absolute Gasteiger partial charge is 0.254 e. The van der Waals surface area contributed by atoms with Crippen molar-refractivity contribution in [1.82, 2.24) is 15.2 Å². The van der Waals surface area contributed by atoms with E-state index in [1.54, 1.807) is 25.4 Å². The zero-order valence-electron chi connectivity index (χ0n) is 13.5. The van der Waals surface area contributed by atoms with Crippen molar-refractivity contribution in [2.75, 3.05) is 13.1 Å². The van der Waals surface area contributed by atoms with Gasteiger partial charge in [0.2, 0.25) is 5.91 Å². The molecule has 0 bridgehead atoms. The van der Waals surface area contributed by atoms with Gasteiger partial charge in [-0.3, -0.25) is 9.59 Å². The zero-order chi connectivity index (χ0) is 17.1. The topological polar surface area (TPSA) is 65.2 Å². The van der Waals surface area contributed by atoms with Crippen LogP contribution < -0.4 is 5.32 Å². The molecule has 1 aliphatic heterocycles. The lowest BCUT2D eigenvalue weighted by molar-refractivity contribution is -0.133. The quantitative estimate of drug-likeness (QED) is 0.870. The molecule has 7 heteroatoms. The lowest BCUT2D eigenvalue weighted by Gasteiger charge is -2.29. The molecule has 2 amide bonds. The van der Waals surface area contributed by atoms with Gasteiger partial charge < -0.3 is 15.2 Å². The maximum atomic E-state index is 12.6. The van der Waals surface area contributed by atoms with Gasteiger partial charge in [0, 0.05) is 35.9 Å². The van der Waals surface area contributed by atoms with E-state index in [9.17, 15) is 9.59 Å². The third kappa shape index (κ3) is 3.65. The summed E-state index contributed by atoms with van der Waals surface area (Å²) in [5.74, 6) is -0.270. The van der Waals surface area contributed by atoms with Crippen LogP contribution in [-0.4, -0.2) is 40.8 Å². The van der Waals surface area contributed by atoms with Crippen molar-refractivity contribution < 1.29 is 9.59 Å². The first-order chi connectivity index (χ1) is 11.6. The molecule has 24 heavy (non-hydrogen) atoms. The third-order valence-electron chi connectivity index (χ3n) is 4.21. The van der Waals surface area contributed by atoms with Gasteiger partial charge in [0.25, 0.3) is 5.91 Å². The zero-order valence-corrected chi connectivity index (χ0v) is 15.0. The van der Waals surface area contributed by atoms with Crippen molar-refractivity contribution in [1.29, 1.82) is 0 Å². The number of rotatable bonds is 4. The van der Waals surface area contributed by atoms with Crippen molar-refractivity contribution in [2.24, 2.45) is 0 Å². The monoisotopic (exact) mass is 365 g/mol. The first kappa shape index (κ1) is 17.0. The largest absolute Gasteiger partial charge is 0.366 e. The summed E-state index contributed by atoms with van der Waals surface area (Å²) < 4.78 is 0.672. The van der Waals surface area contributed by atoms with Crippen LogP contribution in [0.25, 0.3) is 10.4 Å². The Morgan fingerprint density at radius 3 is 2.67 bits per heavy atom. The minimum atomic E-state index is -0.537. The molecule has 0 spiro atoms. The van der Waals surface area contributed by atoms with E-state index < -0.39 is 6.04 Å². The normalized spacial score (nSPS) is 16.0. The van der Waals surface area contributed by atoms with Gasteiger partial charge in [-0.15, -0.1) is 11.3 Å². The number of piperidine rings is 1. The summed E-state index contributed by atoms with van der Waals surface area (Å²) in [6.45, 7) is 3.30. The van der Waals surface area contributed by atoms with Crippen molar-refractivity contribution >= 4 is 34.8 Å². The Morgan fingerprint density at radius 1 is 1.25 bits per heavy atom. The van der Waals surface area contributed by atoms with Gasteiger partial charge >= 0.3 is 0 Å². The molecule has 2 N–H and O–H groups in total. The van der Waals surface area contributed by atoms with Gasteiger partial charge in [-0.1, -0.05) is 11.6 Å². The number of aromatic nitrogens is 1. The average molecular weight is 366 g/mol. The summed E-state index contributed by atoms with van der Waals surface area (Å²) >= 11 is 7.39. The number of likely N-dealkylation sites (tertiary alicyclic amines) is 1. The summed E-state index contributed by atoms with van der Waals surface area (Å²) in [7, 11) is 0. The van der Waals surface area contributed by atoms with Crippen molar-refractivity contribution in [3.63, 3.8) is 0 Å². The fraction of sp³-hybridized carbons (Fsp3) is 0.412. The highest BCUT2D eigenvalue weighted by Gasteiger charge is 2.25. The van der Waals surface area contributed by atoms with E-state index in [4.69, 9.17) is 11.6 Å². The summed E-state index contributed by atoms with van der Waals surface area (Å²) in [5, 5.41) is 2.82. The number of hydrogen-bond donors (Lipinski definition) is 2. The Balaban J connectivity index is 1.69. The van der Waals surface area contributed by atoms with Gasteiger partial charge in [-0.2, -0.15) is 0 Å². The molecule has 3 rings (SSSR count). The molecular weight excluding hydrogens is 346 g/mol. The van der Waals surface area contributed by atoms with Crippen LogP contribution >= 0.6 is 22.9 Å². The van der Waals surface area contributed by atoms with E-state index in [1.807, 2.05) is 11.0 Å². The van der Waals surface area contributed by atoms with Crippen molar-refractivity contribution in [2.45, 2.75) is 32.2 Å². The van der Waals surface area contributed by atoms with Gasteiger partial charge in [0.1, 0.15) is 6.04 Å². The second-order valence-corrected chi connectivity index (χ2v) is 7.68. The maximum Gasteiger partial charge on any atom is 0.254 e. The fourth-order valence-electron chi connectivity index (χ4n) is 2.94. The summed E-state index contributed by atoms with van der Waals surface area (Å²) in [6, 6.07) is 3.15. The van der Waals surface area contributed by atoms with Crippen molar-refractivity contribution in [3.8, 4) is 10.4 Å². The molecule has 128 valence electrons. The first-order valence-electron chi connectivity index (χ1n) is 8.08. The molecule has 2 aromatic heterocycles. The lowest BCUT2D eigenvalue weighted by atomic mass is 10.1. The standard InChI is InChI=1S/C17H20ClN3O2S/c1-11(17(23)21-7-3-2-4-8-21)20-16(22)13-10-19-9-12(13)14-5-6-15(18)24-14/h5-6,9-11,19H,2-4,7-8H2,1H3,(H,20,22)/t11-/m1/s1. The van der Waals surface area contributed by atoms with Crippen LogP contribution in [0.15, 0.2) is 24.5 Å². The molecule has 0 unspecified atom stereocenters. The number of halogens is 1. The van der Waals surface area contributed by atoms with Crippen LogP contribution in [0.3, 0.4) is 0 Å². The van der Waals surface area contributed by atoms with E-state index in [1.165, 1.54) is 17.8 Å². The average Bonchev–Trinajstić information content (AvgIpc) is 3.23. The molecular formula is C17H20ClN3O2S. The minimum absolute atomic E-state index is 0.0145. The predicted octanol–water partition coefficient (Wildman–Crippen LogP) is 3.53. The lowest BCUT2D eigenvalue weighted by Crippen LogP contribution is -2.48. The molecule has 5 nitrogen and oxygen atoms in total. The number of aromatic amines is 1. The van der Waals surface area contributed by atoms with E-state index in [0.717, 1.165) is 36.4 Å². The van der Waals surface area contributed by atoms with E-state index in [0.29, 0.717) is 9.90 Å². The fourth-order valence-corrected chi connectivity index (χ4v) is 4.01. The van der Waals surface area contributed by atoms with Crippen LogP contribution in [0.1, 0.15) is 36.5 Å². The number of carbonyl (C=O) groups is 2. The molecule has 0 saturated carbocycles. The molecule has 1 saturated heterocycles. The van der Waals surface area contributed by atoms with Gasteiger partial charge in [-0.25, -0.2) is 0 Å². The molecule has 1 atom stereocenters. The number of amides is 2.